The summed E-state index contributed by atoms with van der Waals surface area (Å²) in [5, 5.41) is 1.18. The normalized spacial score (nSPS) is 10.5. The first-order valence-electron chi connectivity index (χ1n) is 4.88. The molecule has 0 saturated carbocycles. The SMILES string of the molecule is CON(C)C(=O)c1c[nH]cc1-c1ccc(Cl)s1. The molecular formula is C11H11ClN2O2S. The van der Waals surface area contributed by atoms with Gasteiger partial charge in [-0.2, -0.15) is 0 Å². The third-order valence-corrected chi connectivity index (χ3v) is 3.64. The molecule has 0 radical (unpaired) electrons. The van der Waals surface area contributed by atoms with Gasteiger partial charge in [-0.3, -0.25) is 9.63 Å². The number of carbonyl (C=O) groups excluding carboxylic acids is 1. The highest BCUT2D eigenvalue weighted by molar-refractivity contribution is 7.19. The summed E-state index contributed by atoms with van der Waals surface area (Å²) in [6.07, 6.45) is 3.43. The Bertz CT molecular complexity index is 535. The Kier molecular flexibility index (Phi) is 3.51. The van der Waals surface area contributed by atoms with Crippen LogP contribution in [-0.2, 0) is 4.84 Å². The lowest BCUT2D eigenvalue weighted by Crippen LogP contribution is -2.25. The van der Waals surface area contributed by atoms with Crippen LogP contribution >= 0.6 is 22.9 Å². The third kappa shape index (κ3) is 2.36. The Morgan fingerprint density at radius 2 is 2.24 bits per heavy atom. The predicted octanol–water partition coefficient (Wildman–Crippen LogP) is 3.03. The van der Waals surface area contributed by atoms with E-state index in [2.05, 4.69) is 4.98 Å². The van der Waals surface area contributed by atoms with Crippen molar-refractivity contribution < 1.29 is 9.63 Å². The average molecular weight is 271 g/mol. The fourth-order valence-corrected chi connectivity index (χ4v) is 2.53. The maximum Gasteiger partial charge on any atom is 0.279 e. The van der Waals surface area contributed by atoms with Crippen molar-refractivity contribution in [3.8, 4) is 10.4 Å². The van der Waals surface area contributed by atoms with Crippen molar-refractivity contribution in [2.45, 2.75) is 0 Å². The van der Waals surface area contributed by atoms with Gasteiger partial charge in [0.15, 0.2) is 0 Å². The largest absolute Gasteiger partial charge is 0.366 e. The van der Waals surface area contributed by atoms with Crippen LogP contribution in [0.4, 0.5) is 0 Å². The van der Waals surface area contributed by atoms with Crippen LogP contribution in [0.5, 0.6) is 0 Å². The molecule has 6 heteroatoms. The zero-order valence-corrected chi connectivity index (χ0v) is 10.9. The zero-order chi connectivity index (χ0) is 12.4. The molecule has 0 unspecified atom stereocenters. The van der Waals surface area contributed by atoms with Crippen molar-refractivity contribution in [1.29, 1.82) is 0 Å². The first-order chi connectivity index (χ1) is 8.13. The molecule has 2 rings (SSSR count). The number of hydroxylamine groups is 2. The molecule has 0 fully saturated rings. The maximum atomic E-state index is 12.0. The van der Waals surface area contributed by atoms with E-state index in [1.165, 1.54) is 23.5 Å². The maximum absolute atomic E-state index is 12.0. The number of aromatic nitrogens is 1. The number of halogens is 1. The van der Waals surface area contributed by atoms with Crippen molar-refractivity contribution in [3.05, 3.63) is 34.4 Å². The van der Waals surface area contributed by atoms with Gasteiger partial charge in [-0.05, 0) is 12.1 Å². The van der Waals surface area contributed by atoms with Crippen LogP contribution < -0.4 is 0 Å². The second-order valence-electron chi connectivity index (χ2n) is 3.37. The second kappa shape index (κ2) is 4.91. The Morgan fingerprint density at radius 1 is 1.47 bits per heavy atom. The first-order valence-corrected chi connectivity index (χ1v) is 6.07. The summed E-state index contributed by atoms with van der Waals surface area (Å²) < 4.78 is 0.694. The molecule has 0 bridgehead atoms. The number of thiophene rings is 1. The summed E-state index contributed by atoms with van der Waals surface area (Å²) in [5.41, 5.74) is 1.39. The van der Waals surface area contributed by atoms with Crippen LogP contribution in [0.2, 0.25) is 4.34 Å². The molecule has 0 saturated heterocycles. The van der Waals surface area contributed by atoms with E-state index < -0.39 is 0 Å². The van der Waals surface area contributed by atoms with Gasteiger partial charge in [0.2, 0.25) is 0 Å². The fourth-order valence-electron chi connectivity index (χ4n) is 1.46. The van der Waals surface area contributed by atoms with E-state index in [1.807, 2.05) is 12.1 Å². The highest BCUT2D eigenvalue weighted by Crippen LogP contribution is 2.33. The van der Waals surface area contributed by atoms with Crippen LogP contribution in [-0.4, -0.2) is 30.1 Å². The Balaban J connectivity index is 2.38. The minimum Gasteiger partial charge on any atom is -0.366 e. The summed E-state index contributed by atoms with van der Waals surface area (Å²) in [6, 6.07) is 3.70. The van der Waals surface area contributed by atoms with E-state index >= 15 is 0 Å². The van der Waals surface area contributed by atoms with E-state index in [1.54, 1.807) is 19.4 Å². The monoisotopic (exact) mass is 270 g/mol. The van der Waals surface area contributed by atoms with Gasteiger partial charge in [0.25, 0.3) is 5.91 Å². The number of nitrogens with zero attached hydrogens (tertiary/aromatic N) is 1. The fraction of sp³-hybridized carbons (Fsp3) is 0.182. The van der Waals surface area contributed by atoms with Gasteiger partial charge >= 0.3 is 0 Å². The number of hydrogen-bond donors (Lipinski definition) is 1. The van der Waals surface area contributed by atoms with Crippen molar-refractivity contribution in [3.63, 3.8) is 0 Å². The average Bonchev–Trinajstić information content (AvgIpc) is 2.94. The molecule has 17 heavy (non-hydrogen) atoms. The molecule has 0 aliphatic heterocycles. The summed E-state index contributed by atoms with van der Waals surface area (Å²) in [7, 11) is 3.02. The molecule has 1 amide bonds. The Labute approximate surface area is 108 Å². The molecule has 90 valence electrons. The van der Waals surface area contributed by atoms with E-state index in [0.717, 1.165) is 10.4 Å². The number of rotatable bonds is 3. The standard InChI is InChI=1S/C11H11ClN2O2S/c1-14(16-2)11(15)8-6-13-5-7(8)9-3-4-10(12)17-9/h3-6,13H,1-2H3. The molecular weight excluding hydrogens is 260 g/mol. The van der Waals surface area contributed by atoms with Gasteiger partial charge in [-0.25, -0.2) is 5.06 Å². The van der Waals surface area contributed by atoms with Gasteiger partial charge in [-0.1, -0.05) is 11.6 Å². The molecule has 2 aromatic heterocycles. The highest BCUT2D eigenvalue weighted by Gasteiger charge is 2.18. The number of H-pyrrole nitrogens is 1. The van der Waals surface area contributed by atoms with Crippen molar-refractivity contribution in [2.24, 2.45) is 0 Å². The molecule has 1 N–H and O–H groups in total. The quantitative estimate of drug-likeness (QED) is 0.872. The van der Waals surface area contributed by atoms with Crippen LogP contribution in [0, 0.1) is 0 Å². The van der Waals surface area contributed by atoms with Crippen molar-refractivity contribution >= 4 is 28.8 Å². The van der Waals surface area contributed by atoms with Gasteiger partial charge in [-0.15, -0.1) is 11.3 Å². The Morgan fingerprint density at radius 3 is 2.82 bits per heavy atom. The predicted molar refractivity (Wildman–Crippen MR) is 68.2 cm³/mol. The first kappa shape index (κ1) is 12.2. The number of nitrogens with one attached hydrogen (secondary N) is 1. The van der Waals surface area contributed by atoms with Gasteiger partial charge in [0.05, 0.1) is 17.0 Å². The smallest absolute Gasteiger partial charge is 0.279 e. The lowest BCUT2D eigenvalue weighted by atomic mass is 10.1. The van der Waals surface area contributed by atoms with E-state index in [-0.39, 0.29) is 5.91 Å². The second-order valence-corrected chi connectivity index (χ2v) is 5.09. The Hall–Kier alpha value is -1.30. The number of amides is 1. The van der Waals surface area contributed by atoms with E-state index in [4.69, 9.17) is 16.4 Å². The number of carbonyl (C=O) groups is 1. The zero-order valence-electron chi connectivity index (χ0n) is 9.36. The number of aromatic amines is 1. The van der Waals surface area contributed by atoms with Crippen LogP contribution in [0.1, 0.15) is 10.4 Å². The highest BCUT2D eigenvalue weighted by atomic mass is 35.5. The minimum absolute atomic E-state index is 0.201. The summed E-state index contributed by atoms with van der Waals surface area (Å²) in [4.78, 5) is 20.7. The molecule has 0 aliphatic rings. The van der Waals surface area contributed by atoms with Gasteiger partial charge in [0, 0.05) is 29.9 Å². The molecule has 0 aliphatic carbocycles. The van der Waals surface area contributed by atoms with Crippen molar-refractivity contribution in [2.75, 3.05) is 14.2 Å². The minimum atomic E-state index is -0.201. The van der Waals surface area contributed by atoms with Crippen LogP contribution in [0.15, 0.2) is 24.5 Å². The molecule has 0 aromatic carbocycles. The van der Waals surface area contributed by atoms with Gasteiger partial charge < -0.3 is 4.98 Å². The molecule has 4 nitrogen and oxygen atoms in total. The summed E-state index contributed by atoms with van der Waals surface area (Å²) in [5.74, 6) is -0.201. The lowest BCUT2D eigenvalue weighted by Gasteiger charge is -2.13. The van der Waals surface area contributed by atoms with Crippen LogP contribution in [0.3, 0.4) is 0 Å². The lowest BCUT2D eigenvalue weighted by molar-refractivity contribution is -0.0756. The van der Waals surface area contributed by atoms with Crippen molar-refractivity contribution in [1.82, 2.24) is 10.0 Å². The third-order valence-electron chi connectivity index (χ3n) is 2.37. The van der Waals surface area contributed by atoms with E-state index in [9.17, 15) is 4.79 Å². The summed E-state index contributed by atoms with van der Waals surface area (Å²) >= 11 is 7.32. The number of hydrogen-bond acceptors (Lipinski definition) is 3. The topological polar surface area (TPSA) is 45.3 Å². The molecule has 0 atom stereocenters. The summed E-state index contributed by atoms with van der Waals surface area (Å²) in [6.45, 7) is 0. The van der Waals surface area contributed by atoms with Crippen LogP contribution in [0.25, 0.3) is 10.4 Å². The molecule has 2 heterocycles. The molecule has 2 aromatic rings. The van der Waals surface area contributed by atoms with Gasteiger partial charge in [0.1, 0.15) is 0 Å². The molecule has 0 spiro atoms. The van der Waals surface area contributed by atoms with E-state index in [0.29, 0.717) is 9.90 Å².